The number of nitrogens with zero attached hydrogens (tertiary/aromatic N) is 3. The van der Waals surface area contributed by atoms with Crippen LogP contribution in [0.1, 0.15) is 19.8 Å². The molecular formula is C19H16Cl3N3O2. The fraction of sp³-hybridized carbons (Fsp3) is 0.211. The molecule has 0 amide bonds. The number of unbranched alkanes of at least 4 members (excludes halogenated alkanes) is 1. The van der Waals surface area contributed by atoms with Crippen LogP contribution < -0.4 is 0 Å². The Morgan fingerprint density at radius 1 is 1.00 bits per heavy atom. The molecule has 0 aliphatic rings. The number of ether oxygens (including phenoxy) is 1. The summed E-state index contributed by atoms with van der Waals surface area (Å²) in [5.41, 5.74) is 2.29. The van der Waals surface area contributed by atoms with Gasteiger partial charge in [-0.3, -0.25) is 0 Å². The highest BCUT2D eigenvalue weighted by Crippen LogP contribution is 2.35. The minimum absolute atomic E-state index is 0.310. The third kappa shape index (κ3) is 4.61. The van der Waals surface area contributed by atoms with Crippen LogP contribution in [0.3, 0.4) is 0 Å². The van der Waals surface area contributed by atoms with Gasteiger partial charge in [0.25, 0.3) is 0 Å². The van der Waals surface area contributed by atoms with Gasteiger partial charge < -0.3 is 4.74 Å². The molecule has 0 spiro atoms. The molecule has 1 heterocycles. The highest BCUT2D eigenvalue weighted by Gasteiger charge is 2.21. The second-order valence-electron chi connectivity index (χ2n) is 5.79. The molecule has 0 unspecified atom stereocenters. The van der Waals surface area contributed by atoms with E-state index in [1.165, 1.54) is 0 Å². The first kappa shape index (κ1) is 19.7. The first-order valence-electron chi connectivity index (χ1n) is 8.35. The minimum Gasteiger partial charge on any atom is -0.447 e. The highest BCUT2D eigenvalue weighted by molar-refractivity contribution is 6.36. The minimum atomic E-state index is -0.644. The Morgan fingerprint density at radius 3 is 2.33 bits per heavy atom. The van der Waals surface area contributed by atoms with Gasteiger partial charge in [-0.15, -0.1) is 10.2 Å². The number of halogens is 3. The van der Waals surface area contributed by atoms with Gasteiger partial charge in [0.2, 0.25) is 0 Å². The molecule has 3 aromatic rings. The molecule has 0 radical (unpaired) electrons. The molecule has 2 aromatic carbocycles. The SMILES string of the molecule is CCCCOC(=O)n1nc(-c2ccc(Cl)cc2)c(-c2ccc(Cl)cc2Cl)n1. The molecule has 1 aromatic heterocycles. The van der Waals surface area contributed by atoms with Crippen molar-refractivity contribution in [3.05, 3.63) is 57.5 Å². The van der Waals surface area contributed by atoms with E-state index < -0.39 is 6.09 Å². The van der Waals surface area contributed by atoms with Crippen LogP contribution in [0.15, 0.2) is 42.5 Å². The van der Waals surface area contributed by atoms with Gasteiger partial charge in [0.1, 0.15) is 11.4 Å². The summed E-state index contributed by atoms with van der Waals surface area (Å²) in [6.07, 6.45) is 1.05. The fourth-order valence-corrected chi connectivity index (χ4v) is 3.04. The molecule has 0 saturated heterocycles. The van der Waals surface area contributed by atoms with Crippen molar-refractivity contribution in [3.63, 3.8) is 0 Å². The molecule has 0 aliphatic carbocycles. The van der Waals surface area contributed by atoms with Crippen LogP contribution in [0.4, 0.5) is 4.79 Å². The smallest absolute Gasteiger partial charge is 0.447 e. The number of carbonyl (C=O) groups excluding carboxylic acids is 1. The monoisotopic (exact) mass is 423 g/mol. The molecule has 0 fully saturated rings. The van der Waals surface area contributed by atoms with Gasteiger partial charge in [-0.1, -0.05) is 65.1 Å². The van der Waals surface area contributed by atoms with Crippen molar-refractivity contribution >= 4 is 40.9 Å². The maximum absolute atomic E-state index is 12.3. The maximum atomic E-state index is 12.3. The van der Waals surface area contributed by atoms with Crippen LogP contribution >= 0.6 is 34.8 Å². The van der Waals surface area contributed by atoms with E-state index in [1.807, 2.05) is 6.92 Å². The van der Waals surface area contributed by atoms with Crippen LogP contribution in [0.5, 0.6) is 0 Å². The topological polar surface area (TPSA) is 57.0 Å². The molecule has 3 rings (SSSR count). The molecule has 5 nitrogen and oxygen atoms in total. The molecular weight excluding hydrogens is 409 g/mol. The van der Waals surface area contributed by atoms with Crippen molar-refractivity contribution in [2.45, 2.75) is 19.8 Å². The second kappa shape index (κ2) is 8.74. The Labute approximate surface area is 171 Å². The van der Waals surface area contributed by atoms with Crippen LogP contribution in [0.25, 0.3) is 22.5 Å². The van der Waals surface area contributed by atoms with E-state index in [4.69, 9.17) is 39.5 Å². The molecule has 8 heteroatoms. The predicted octanol–water partition coefficient (Wildman–Crippen LogP) is 6.36. The first-order valence-corrected chi connectivity index (χ1v) is 9.49. The first-order chi connectivity index (χ1) is 13.0. The summed E-state index contributed by atoms with van der Waals surface area (Å²) in [5, 5.41) is 10.1. The van der Waals surface area contributed by atoms with Crippen LogP contribution in [-0.4, -0.2) is 27.7 Å². The molecule has 0 saturated carbocycles. The van der Waals surface area contributed by atoms with E-state index in [9.17, 15) is 4.79 Å². The summed E-state index contributed by atoms with van der Waals surface area (Å²) in [7, 11) is 0. The molecule has 27 heavy (non-hydrogen) atoms. The zero-order valence-corrected chi connectivity index (χ0v) is 16.7. The zero-order valence-electron chi connectivity index (χ0n) is 14.5. The lowest BCUT2D eigenvalue weighted by atomic mass is 10.1. The van der Waals surface area contributed by atoms with Gasteiger partial charge in [0, 0.05) is 21.2 Å². The van der Waals surface area contributed by atoms with Gasteiger partial charge in [-0.2, -0.15) is 0 Å². The predicted molar refractivity (Wildman–Crippen MR) is 108 cm³/mol. The maximum Gasteiger partial charge on any atom is 0.452 e. The van der Waals surface area contributed by atoms with Crippen molar-refractivity contribution in [2.75, 3.05) is 6.61 Å². The van der Waals surface area contributed by atoms with Crippen molar-refractivity contribution in [3.8, 4) is 22.5 Å². The van der Waals surface area contributed by atoms with E-state index in [0.717, 1.165) is 23.2 Å². The largest absolute Gasteiger partial charge is 0.452 e. The molecule has 0 aliphatic heterocycles. The lowest BCUT2D eigenvalue weighted by Gasteiger charge is -2.04. The molecule has 140 valence electrons. The van der Waals surface area contributed by atoms with Gasteiger partial charge in [0.05, 0.1) is 11.6 Å². The quantitative estimate of drug-likeness (QED) is 0.447. The molecule has 0 bridgehead atoms. The summed E-state index contributed by atoms with van der Waals surface area (Å²) in [5.74, 6) is 0. The third-order valence-electron chi connectivity index (χ3n) is 3.80. The lowest BCUT2D eigenvalue weighted by molar-refractivity contribution is 0.139. The number of rotatable bonds is 5. The second-order valence-corrected chi connectivity index (χ2v) is 7.07. The van der Waals surface area contributed by atoms with Crippen molar-refractivity contribution in [1.82, 2.24) is 15.0 Å². The number of carbonyl (C=O) groups is 1. The number of hydrogen-bond donors (Lipinski definition) is 0. The Bertz CT molecular complexity index is 955. The van der Waals surface area contributed by atoms with Crippen molar-refractivity contribution < 1.29 is 9.53 Å². The number of benzene rings is 2. The van der Waals surface area contributed by atoms with E-state index in [1.54, 1.807) is 42.5 Å². The summed E-state index contributed by atoms with van der Waals surface area (Å²) < 4.78 is 5.20. The summed E-state index contributed by atoms with van der Waals surface area (Å²) in [6.45, 7) is 2.32. The highest BCUT2D eigenvalue weighted by atomic mass is 35.5. The van der Waals surface area contributed by atoms with Crippen LogP contribution in [0, 0.1) is 0 Å². The van der Waals surface area contributed by atoms with Gasteiger partial charge in [-0.05, 0) is 36.8 Å². The van der Waals surface area contributed by atoms with E-state index in [2.05, 4.69) is 10.2 Å². The van der Waals surface area contributed by atoms with Gasteiger partial charge in [0.15, 0.2) is 0 Å². The van der Waals surface area contributed by atoms with Crippen LogP contribution in [0.2, 0.25) is 15.1 Å². The third-order valence-corrected chi connectivity index (χ3v) is 4.60. The van der Waals surface area contributed by atoms with E-state index in [0.29, 0.717) is 38.6 Å². The zero-order chi connectivity index (χ0) is 19.4. The Hall–Kier alpha value is -2.08. The fourth-order valence-electron chi connectivity index (χ4n) is 2.41. The standard InChI is InChI=1S/C19H16Cl3N3O2/c1-2-3-10-27-19(26)25-23-17(12-4-6-13(20)7-5-12)18(24-25)15-9-8-14(21)11-16(15)22/h4-9,11H,2-3,10H2,1H3. The Kier molecular flexibility index (Phi) is 6.37. The van der Waals surface area contributed by atoms with E-state index in [-0.39, 0.29) is 0 Å². The Balaban J connectivity index is 2.06. The van der Waals surface area contributed by atoms with Crippen molar-refractivity contribution in [1.29, 1.82) is 0 Å². The average Bonchev–Trinajstić information content (AvgIpc) is 3.07. The number of aromatic nitrogens is 3. The van der Waals surface area contributed by atoms with Crippen molar-refractivity contribution in [2.24, 2.45) is 0 Å². The summed E-state index contributed by atoms with van der Waals surface area (Å²) >= 11 is 18.3. The van der Waals surface area contributed by atoms with Gasteiger partial charge in [-0.25, -0.2) is 4.79 Å². The van der Waals surface area contributed by atoms with E-state index >= 15 is 0 Å². The summed E-state index contributed by atoms with van der Waals surface area (Å²) in [4.78, 5) is 13.2. The Morgan fingerprint density at radius 2 is 1.67 bits per heavy atom. The lowest BCUT2D eigenvalue weighted by Crippen LogP contribution is -2.17. The molecule has 0 N–H and O–H groups in total. The average molecular weight is 425 g/mol. The molecule has 0 atom stereocenters. The van der Waals surface area contributed by atoms with Crippen LogP contribution in [-0.2, 0) is 4.74 Å². The van der Waals surface area contributed by atoms with Gasteiger partial charge >= 0.3 is 6.09 Å². The normalized spacial score (nSPS) is 10.8. The summed E-state index contributed by atoms with van der Waals surface area (Å²) in [6, 6.07) is 12.1. The number of hydrogen-bond acceptors (Lipinski definition) is 4.